The smallest absolute Gasteiger partial charge is 0.191 e. The number of morpholine rings is 1. The van der Waals surface area contributed by atoms with Gasteiger partial charge in [-0.1, -0.05) is 0 Å². The van der Waals surface area contributed by atoms with E-state index in [0.29, 0.717) is 0 Å². The van der Waals surface area contributed by atoms with Crippen molar-refractivity contribution in [2.45, 2.75) is 25.0 Å². The van der Waals surface area contributed by atoms with Crippen LogP contribution in [0.2, 0.25) is 0 Å². The predicted molar refractivity (Wildman–Crippen MR) is 114 cm³/mol. The molecule has 2 N–H and O–H groups in total. The van der Waals surface area contributed by atoms with Crippen LogP contribution in [0.4, 0.5) is 0 Å². The predicted octanol–water partition coefficient (Wildman–Crippen LogP) is 1.53. The van der Waals surface area contributed by atoms with Crippen LogP contribution in [0, 0.1) is 0 Å². The second-order valence-corrected chi connectivity index (χ2v) is 6.86. The molecule has 0 aliphatic carbocycles. The molecular formula is C18H32IN5O2. The molecule has 0 amide bonds. The van der Waals surface area contributed by atoms with Crippen LogP contribution in [0.15, 0.2) is 27.8 Å². The van der Waals surface area contributed by atoms with Crippen molar-refractivity contribution in [1.29, 1.82) is 0 Å². The maximum absolute atomic E-state index is 5.80. The van der Waals surface area contributed by atoms with Gasteiger partial charge >= 0.3 is 0 Å². The van der Waals surface area contributed by atoms with Gasteiger partial charge in [0.25, 0.3) is 0 Å². The standard InChI is InChI=1S/C18H31N5O2.HI/c1-19-18(20-12-15-14-22(2)9-11-24-15)21-13-16(17-6-5-10-25-17)23-7-3-4-8-23;/h5-6,10,15-16H,3-4,7-9,11-14H2,1-2H3,(H2,19,20,21);1H. The lowest BCUT2D eigenvalue weighted by Gasteiger charge is -2.31. The number of nitrogens with zero attached hydrogens (tertiary/aromatic N) is 3. The van der Waals surface area contributed by atoms with Gasteiger partial charge in [-0.2, -0.15) is 0 Å². The van der Waals surface area contributed by atoms with E-state index in [1.54, 1.807) is 13.3 Å². The Balaban J connectivity index is 0.00000243. The Labute approximate surface area is 173 Å². The number of nitrogens with one attached hydrogen (secondary N) is 2. The van der Waals surface area contributed by atoms with E-state index in [1.165, 1.54) is 12.8 Å². The fraction of sp³-hybridized carbons (Fsp3) is 0.722. The van der Waals surface area contributed by atoms with Gasteiger partial charge < -0.3 is 24.7 Å². The topological polar surface area (TPSA) is 65.3 Å². The normalized spacial score (nSPS) is 23.5. The first-order valence-electron chi connectivity index (χ1n) is 9.28. The summed E-state index contributed by atoms with van der Waals surface area (Å²) in [5.74, 6) is 1.83. The molecule has 7 nitrogen and oxygen atoms in total. The van der Waals surface area contributed by atoms with Crippen LogP contribution in [0.25, 0.3) is 0 Å². The highest BCUT2D eigenvalue weighted by Crippen LogP contribution is 2.24. The van der Waals surface area contributed by atoms with Crippen molar-refractivity contribution >= 4 is 29.9 Å². The number of guanidine groups is 1. The van der Waals surface area contributed by atoms with Crippen LogP contribution in [-0.2, 0) is 4.74 Å². The minimum Gasteiger partial charge on any atom is -0.468 e. The van der Waals surface area contributed by atoms with Gasteiger partial charge in [0, 0.05) is 33.2 Å². The van der Waals surface area contributed by atoms with Gasteiger partial charge in [0.15, 0.2) is 5.96 Å². The van der Waals surface area contributed by atoms with Crippen molar-refractivity contribution < 1.29 is 9.15 Å². The summed E-state index contributed by atoms with van der Waals surface area (Å²) in [7, 11) is 3.94. The summed E-state index contributed by atoms with van der Waals surface area (Å²) in [6, 6.07) is 4.27. The summed E-state index contributed by atoms with van der Waals surface area (Å²) < 4.78 is 11.5. The zero-order valence-corrected chi connectivity index (χ0v) is 18.1. The Morgan fingerprint density at radius 3 is 2.77 bits per heavy atom. The Kier molecular flexibility index (Phi) is 9.17. The van der Waals surface area contributed by atoms with Crippen molar-refractivity contribution in [3.05, 3.63) is 24.2 Å². The van der Waals surface area contributed by atoms with Crippen molar-refractivity contribution in [2.24, 2.45) is 4.99 Å². The minimum absolute atomic E-state index is 0. The summed E-state index contributed by atoms with van der Waals surface area (Å²) in [4.78, 5) is 9.13. The van der Waals surface area contributed by atoms with Gasteiger partial charge in [0.2, 0.25) is 0 Å². The first-order chi connectivity index (χ1) is 12.3. The maximum Gasteiger partial charge on any atom is 0.191 e. The number of ether oxygens (including phenoxy) is 1. The molecule has 2 fully saturated rings. The van der Waals surface area contributed by atoms with E-state index in [4.69, 9.17) is 9.15 Å². The lowest BCUT2D eigenvalue weighted by Crippen LogP contribution is -2.49. The Hall–Kier alpha value is -0.840. The quantitative estimate of drug-likeness (QED) is 0.368. The zero-order chi connectivity index (χ0) is 17.5. The molecule has 3 rings (SSSR count). The number of rotatable bonds is 6. The maximum atomic E-state index is 5.80. The van der Waals surface area contributed by atoms with Crippen molar-refractivity contribution in [1.82, 2.24) is 20.4 Å². The highest BCUT2D eigenvalue weighted by Gasteiger charge is 2.26. The third kappa shape index (κ3) is 6.11. The van der Waals surface area contributed by atoms with E-state index >= 15 is 0 Å². The number of furan rings is 1. The molecule has 0 spiro atoms. The highest BCUT2D eigenvalue weighted by atomic mass is 127. The van der Waals surface area contributed by atoms with E-state index in [-0.39, 0.29) is 36.1 Å². The second-order valence-electron chi connectivity index (χ2n) is 6.86. The molecule has 26 heavy (non-hydrogen) atoms. The van der Waals surface area contributed by atoms with Crippen LogP contribution in [0.5, 0.6) is 0 Å². The Morgan fingerprint density at radius 1 is 1.31 bits per heavy atom. The van der Waals surface area contributed by atoms with Gasteiger partial charge in [-0.3, -0.25) is 9.89 Å². The molecule has 2 aliphatic heterocycles. The molecule has 148 valence electrons. The molecule has 8 heteroatoms. The average molecular weight is 477 g/mol. The van der Waals surface area contributed by atoms with Crippen LogP contribution in [0.3, 0.4) is 0 Å². The summed E-state index contributed by atoms with van der Waals surface area (Å²) in [6.45, 7) is 6.54. The summed E-state index contributed by atoms with van der Waals surface area (Å²) in [5.41, 5.74) is 0. The molecule has 2 atom stereocenters. The molecule has 2 saturated heterocycles. The Bertz CT molecular complexity index is 534. The van der Waals surface area contributed by atoms with Gasteiger partial charge in [-0.05, 0) is 45.1 Å². The molecule has 3 heterocycles. The van der Waals surface area contributed by atoms with Crippen LogP contribution >= 0.6 is 24.0 Å². The Morgan fingerprint density at radius 2 is 2.12 bits per heavy atom. The van der Waals surface area contributed by atoms with Gasteiger partial charge in [0.05, 0.1) is 25.0 Å². The highest BCUT2D eigenvalue weighted by molar-refractivity contribution is 14.0. The van der Waals surface area contributed by atoms with Crippen molar-refractivity contribution in [2.75, 3.05) is 60.0 Å². The summed E-state index contributed by atoms with van der Waals surface area (Å²) >= 11 is 0. The molecule has 1 aromatic rings. The average Bonchev–Trinajstić information content (AvgIpc) is 3.32. The molecule has 2 unspecified atom stereocenters. The number of hydrogen-bond acceptors (Lipinski definition) is 5. The van der Waals surface area contributed by atoms with E-state index in [0.717, 1.165) is 57.6 Å². The van der Waals surface area contributed by atoms with Crippen LogP contribution in [0.1, 0.15) is 24.6 Å². The summed E-state index contributed by atoms with van der Waals surface area (Å²) in [6.07, 6.45) is 4.48. The monoisotopic (exact) mass is 477 g/mol. The SMILES string of the molecule is CN=C(NCC1CN(C)CCO1)NCC(c1ccco1)N1CCCC1.I. The lowest BCUT2D eigenvalue weighted by molar-refractivity contribution is -0.0161. The largest absolute Gasteiger partial charge is 0.468 e. The van der Waals surface area contributed by atoms with Crippen molar-refractivity contribution in [3.8, 4) is 0 Å². The molecule has 0 saturated carbocycles. The van der Waals surface area contributed by atoms with Gasteiger partial charge in [-0.15, -0.1) is 24.0 Å². The number of halogens is 1. The number of hydrogen-bond donors (Lipinski definition) is 2. The number of likely N-dealkylation sites (tertiary alicyclic amines) is 1. The van der Waals surface area contributed by atoms with E-state index < -0.39 is 0 Å². The molecular weight excluding hydrogens is 445 g/mol. The molecule has 2 aliphatic rings. The third-order valence-electron chi connectivity index (χ3n) is 4.98. The van der Waals surface area contributed by atoms with Gasteiger partial charge in [-0.25, -0.2) is 0 Å². The van der Waals surface area contributed by atoms with E-state index in [9.17, 15) is 0 Å². The number of likely N-dealkylation sites (N-methyl/N-ethyl adjacent to an activating group) is 1. The third-order valence-corrected chi connectivity index (χ3v) is 4.98. The second kappa shape index (κ2) is 11.1. The molecule has 0 radical (unpaired) electrons. The minimum atomic E-state index is 0. The first kappa shape index (κ1) is 21.5. The fourth-order valence-corrected chi connectivity index (χ4v) is 3.56. The van der Waals surface area contributed by atoms with E-state index in [2.05, 4.69) is 38.5 Å². The van der Waals surface area contributed by atoms with E-state index in [1.807, 2.05) is 6.07 Å². The number of aliphatic imine (C=N–C) groups is 1. The fourth-order valence-electron chi connectivity index (χ4n) is 3.56. The molecule has 0 aromatic carbocycles. The van der Waals surface area contributed by atoms with Crippen LogP contribution < -0.4 is 10.6 Å². The zero-order valence-electron chi connectivity index (χ0n) is 15.8. The van der Waals surface area contributed by atoms with Crippen molar-refractivity contribution in [3.63, 3.8) is 0 Å². The van der Waals surface area contributed by atoms with Gasteiger partial charge in [0.1, 0.15) is 5.76 Å². The molecule has 0 bridgehead atoms. The first-order valence-corrected chi connectivity index (χ1v) is 9.28. The summed E-state index contributed by atoms with van der Waals surface area (Å²) in [5, 5.41) is 6.84. The van der Waals surface area contributed by atoms with Crippen LogP contribution in [-0.4, -0.2) is 81.8 Å². The molecule has 1 aromatic heterocycles. The lowest BCUT2D eigenvalue weighted by atomic mass is 10.2.